The van der Waals surface area contributed by atoms with Crippen molar-refractivity contribution in [3.8, 4) is 0 Å². The predicted molar refractivity (Wildman–Crippen MR) is 85.4 cm³/mol. The van der Waals surface area contributed by atoms with Gasteiger partial charge in [0.05, 0.1) is 25.7 Å². The Morgan fingerprint density at radius 2 is 2.17 bits per heavy atom. The molecular weight excluding hydrogens is 299 g/mol. The monoisotopic (exact) mass is 324 g/mol. The molecule has 0 saturated carbocycles. The fourth-order valence-electron chi connectivity index (χ4n) is 2.66. The average molecular weight is 324 g/mol. The summed E-state index contributed by atoms with van der Waals surface area (Å²) in [6, 6.07) is 5.70. The maximum absolute atomic E-state index is 13.1. The molecule has 23 heavy (non-hydrogen) atoms. The van der Waals surface area contributed by atoms with Crippen LogP contribution in [0.3, 0.4) is 0 Å². The van der Waals surface area contributed by atoms with Gasteiger partial charge in [-0.2, -0.15) is 0 Å². The molecule has 2 atom stereocenters. The maximum atomic E-state index is 13.1. The molecule has 2 rings (SSSR count). The number of carbonyl (C=O) groups is 1. The van der Waals surface area contributed by atoms with Gasteiger partial charge in [-0.1, -0.05) is 19.1 Å². The molecule has 5 nitrogen and oxygen atoms in total. The van der Waals surface area contributed by atoms with Crippen molar-refractivity contribution in [2.24, 2.45) is 5.92 Å². The number of hydrogen-bond acceptors (Lipinski definition) is 4. The summed E-state index contributed by atoms with van der Waals surface area (Å²) in [4.78, 5) is 14.2. The van der Waals surface area contributed by atoms with Gasteiger partial charge in [0.15, 0.2) is 0 Å². The number of ether oxygens (including phenoxy) is 1. The highest BCUT2D eigenvalue weighted by Gasteiger charge is 2.16. The fourth-order valence-corrected chi connectivity index (χ4v) is 2.66. The first-order chi connectivity index (χ1) is 11.0. The second kappa shape index (κ2) is 8.96. The topological polar surface area (TPSA) is 61.8 Å². The first-order valence-corrected chi connectivity index (χ1v) is 8.05. The minimum absolute atomic E-state index is 0.0618. The number of hydrogen-bond donors (Lipinski definition) is 2. The van der Waals surface area contributed by atoms with Crippen LogP contribution < -0.4 is 5.32 Å². The quantitative estimate of drug-likeness (QED) is 0.794. The van der Waals surface area contributed by atoms with E-state index < -0.39 is 11.9 Å². The normalized spacial score (nSPS) is 18.4. The molecule has 0 bridgehead atoms. The lowest BCUT2D eigenvalue weighted by Gasteiger charge is -2.29. The van der Waals surface area contributed by atoms with Crippen LogP contribution in [-0.2, 0) is 9.53 Å². The van der Waals surface area contributed by atoms with Crippen LogP contribution in [0.2, 0.25) is 0 Å². The molecule has 1 heterocycles. The predicted octanol–water partition coefficient (Wildman–Crippen LogP) is 1.33. The van der Waals surface area contributed by atoms with Crippen molar-refractivity contribution < 1.29 is 19.0 Å². The highest BCUT2D eigenvalue weighted by atomic mass is 19.1. The smallest absolute Gasteiger partial charge is 0.222 e. The lowest BCUT2D eigenvalue weighted by Crippen LogP contribution is -2.41. The van der Waals surface area contributed by atoms with Crippen LogP contribution >= 0.6 is 0 Å². The highest BCUT2D eigenvalue weighted by Crippen LogP contribution is 2.17. The van der Waals surface area contributed by atoms with Gasteiger partial charge < -0.3 is 15.2 Å². The van der Waals surface area contributed by atoms with Gasteiger partial charge in [-0.15, -0.1) is 0 Å². The number of nitrogens with one attached hydrogen (secondary N) is 1. The van der Waals surface area contributed by atoms with Crippen molar-refractivity contribution in [1.29, 1.82) is 0 Å². The van der Waals surface area contributed by atoms with Crippen LogP contribution in [-0.4, -0.2) is 55.3 Å². The van der Waals surface area contributed by atoms with Gasteiger partial charge in [-0.05, 0) is 23.6 Å². The molecule has 128 valence electrons. The molecule has 1 aromatic rings. The molecular formula is C17H25FN2O3. The van der Waals surface area contributed by atoms with E-state index in [2.05, 4.69) is 17.1 Å². The lowest BCUT2D eigenvalue weighted by atomic mass is 10.1. The van der Waals surface area contributed by atoms with Gasteiger partial charge in [0.2, 0.25) is 5.91 Å². The first kappa shape index (κ1) is 17.8. The van der Waals surface area contributed by atoms with E-state index in [0.29, 0.717) is 18.0 Å². The van der Waals surface area contributed by atoms with E-state index >= 15 is 0 Å². The molecule has 1 aliphatic rings. The fraction of sp³-hybridized carbons (Fsp3) is 0.588. The van der Waals surface area contributed by atoms with Crippen LogP contribution in [0, 0.1) is 11.7 Å². The van der Waals surface area contributed by atoms with Crippen LogP contribution in [0.15, 0.2) is 24.3 Å². The number of rotatable bonds is 7. The minimum Gasteiger partial charge on any atom is -0.388 e. The molecule has 1 fully saturated rings. The van der Waals surface area contributed by atoms with Crippen molar-refractivity contribution >= 4 is 5.91 Å². The zero-order chi connectivity index (χ0) is 16.7. The van der Waals surface area contributed by atoms with Gasteiger partial charge in [-0.3, -0.25) is 9.69 Å². The van der Waals surface area contributed by atoms with Crippen LogP contribution in [0.25, 0.3) is 0 Å². The molecule has 0 spiro atoms. The molecule has 2 unspecified atom stereocenters. The number of amides is 1. The maximum Gasteiger partial charge on any atom is 0.222 e. The second-order valence-electron chi connectivity index (χ2n) is 6.10. The van der Waals surface area contributed by atoms with Crippen molar-refractivity contribution in [1.82, 2.24) is 10.2 Å². The summed E-state index contributed by atoms with van der Waals surface area (Å²) in [5.41, 5.74) is 0.418. The molecule has 1 amide bonds. The second-order valence-corrected chi connectivity index (χ2v) is 6.10. The number of nitrogens with zero attached hydrogens (tertiary/aromatic N) is 1. The van der Waals surface area contributed by atoms with E-state index in [9.17, 15) is 14.3 Å². The van der Waals surface area contributed by atoms with Crippen molar-refractivity contribution in [2.75, 3.05) is 39.4 Å². The van der Waals surface area contributed by atoms with Gasteiger partial charge in [-0.25, -0.2) is 4.39 Å². The molecule has 0 aromatic heterocycles. The summed E-state index contributed by atoms with van der Waals surface area (Å²) in [5, 5.41) is 12.8. The Balaban J connectivity index is 1.69. The molecule has 6 heteroatoms. The Morgan fingerprint density at radius 1 is 1.43 bits per heavy atom. The highest BCUT2D eigenvalue weighted by molar-refractivity contribution is 5.76. The molecule has 1 saturated heterocycles. The van der Waals surface area contributed by atoms with E-state index in [1.807, 2.05) is 0 Å². The van der Waals surface area contributed by atoms with Crippen LogP contribution in [0.5, 0.6) is 0 Å². The molecule has 0 radical (unpaired) electrons. The molecule has 1 aliphatic heterocycles. The Kier molecular flexibility index (Phi) is 6.95. The Bertz CT molecular complexity index is 506. The number of aliphatic hydroxyl groups is 1. The first-order valence-electron chi connectivity index (χ1n) is 8.05. The Hall–Kier alpha value is -1.50. The number of halogens is 1. The third-order valence-corrected chi connectivity index (χ3v) is 3.93. The SMILES string of the molecule is CC(CNC(=O)CC(O)c1cccc(F)c1)CN1CCOCC1. The number of carbonyl (C=O) groups excluding carboxylic acids is 1. The summed E-state index contributed by atoms with van der Waals surface area (Å²) >= 11 is 0. The van der Waals surface area contributed by atoms with Gasteiger partial charge in [0, 0.05) is 26.2 Å². The van der Waals surface area contributed by atoms with Crippen molar-refractivity contribution in [3.05, 3.63) is 35.6 Å². The van der Waals surface area contributed by atoms with Crippen molar-refractivity contribution in [2.45, 2.75) is 19.4 Å². The van der Waals surface area contributed by atoms with Crippen LogP contribution in [0.4, 0.5) is 4.39 Å². The number of benzene rings is 1. The van der Waals surface area contributed by atoms with E-state index in [-0.39, 0.29) is 12.3 Å². The molecule has 2 N–H and O–H groups in total. The summed E-state index contributed by atoms with van der Waals surface area (Å²) in [5.74, 6) is -0.319. The van der Waals surface area contributed by atoms with Crippen molar-refractivity contribution in [3.63, 3.8) is 0 Å². The Morgan fingerprint density at radius 3 is 2.87 bits per heavy atom. The summed E-state index contributed by atoms with van der Waals surface area (Å²) in [7, 11) is 0. The third-order valence-electron chi connectivity index (χ3n) is 3.93. The largest absolute Gasteiger partial charge is 0.388 e. The van der Waals surface area contributed by atoms with Gasteiger partial charge in [0.1, 0.15) is 5.82 Å². The summed E-state index contributed by atoms with van der Waals surface area (Å²) < 4.78 is 18.4. The lowest BCUT2D eigenvalue weighted by molar-refractivity contribution is -0.123. The average Bonchev–Trinajstić information content (AvgIpc) is 2.54. The third kappa shape index (κ3) is 6.25. The van der Waals surface area contributed by atoms with Gasteiger partial charge in [0.25, 0.3) is 0 Å². The summed E-state index contributed by atoms with van der Waals surface area (Å²) in [6.07, 6.45) is -1.05. The van der Waals surface area contributed by atoms with E-state index in [1.54, 1.807) is 6.07 Å². The molecule has 1 aromatic carbocycles. The standard InChI is InChI=1S/C17H25FN2O3/c1-13(12-20-5-7-23-8-6-20)11-19-17(22)10-16(21)14-3-2-4-15(18)9-14/h2-4,9,13,16,21H,5-8,10-12H2,1H3,(H,19,22). The van der Waals surface area contributed by atoms with E-state index in [1.165, 1.54) is 18.2 Å². The number of aliphatic hydroxyl groups excluding tert-OH is 1. The van der Waals surface area contributed by atoms with E-state index in [4.69, 9.17) is 4.74 Å². The zero-order valence-electron chi connectivity index (χ0n) is 13.5. The van der Waals surface area contributed by atoms with Gasteiger partial charge >= 0.3 is 0 Å². The Labute approximate surface area is 136 Å². The minimum atomic E-state index is -0.986. The van der Waals surface area contributed by atoms with E-state index in [0.717, 1.165) is 32.8 Å². The van der Waals surface area contributed by atoms with Crippen LogP contribution in [0.1, 0.15) is 25.0 Å². The molecule has 0 aliphatic carbocycles. The zero-order valence-corrected chi connectivity index (χ0v) is 13.5. The number of morpholine rings is 1. The summed E-state index contributed by atoms with van der Waals surface area (Å²) in [6.45, 7) is 6.94.